The summed E-state index contributed by atoms with van der Waals surface area (Å²) in [4.78, 5) is 25.6. The van der Waals surface area contributed by atoms with Crippen molar-refractivity contribution in [2.75, 3.05) is 19.7 Å². The zero-order valence-electron chi connectivity index (χ0n) is 12.4. The van der Waals surface area contributed by atoms with E-state index in [4.69, 9.17) is 0 Å². The van der Waals surface area contributed by atoms with E-state index in [2.05, 4.69) is 5.32 Å². The van der Waals surface area contributed by atoms with Crippen molar-refractivity contribution >= 4 is 11.8 Å². The molecule has 1 heterocycles. The quantitative estimate of drug-likeness (QED) is 0.810. The van der Waals surface area contributed by atoms with Crippen molar-refractivity contribution in [1.29, 1.82) is 0 Å². The summed E-state index contributed by atoms with van der Waals surface area (Å²) in [6.07, 6.45) is 6.92. The largest absolute Gasteiger partial charge is 0.396 e. The minimum absolute atomic E-state index is 0.0254. The van der Waals surface area contributed by atoms with Crippen LogP contribution in [0.5, 0.6) is 0 Å². The summed E-state index contributed by atoms with van der Waals surface area (Å²) >= 11 is 0. The van der Waals surface area contributed by atoms with E-state index in [1.165, 1.54) is 6.92 Å². The van der Waals surface area contributed by atoms with E-state index in [1.807, 2.05) is 0 Å². The Bertz CT molecular complexity index is 364. The normalized spacial score (nSPS) is 25.5. The van der Waals surface area contributed by atoms with Crippen LogP contribution in [0.3, 0.4) is 0 Å². The molecule has 0 radical (unpaired) electrons. The summed E-state index contributed by atoms with van der Waals surface area (Å²) in [6.45, 7) is 2.87. The molecule has 0 unspecified atom stereocenters. The van der Waals surface area contributed by atoms with Crippen LogP contribution in [0, 0.1) is 5.41 Å². The average molecular weight is 282 g/mol. The van der Waals surface area contributed by atoms with Gasteiger partial charge in [0.2, 0.25) is 11.8 Å². The van der Waals surface area contributed by atoms with Crippen molar-refractivity contribution in [1.82, 2.24) is 10.2 Å². The first-order valence-corrected chi connectivity index (χ1v) is 7.74. The lowest BCUT2D eigenvalue weighted by Crippen LogP contribution is -2.53. The topological polar surface area (TPSA) is 69.6 Å². The molecule has 0 aromatic rings. The molecule has 2 fully saturated rings. The Labute approximate surface area is 120 Å². The fraction of sp³-hybridized carbons (Fsp3) is 0.867. The lowest BCUT2D eigenvalue weighted by molar-refractivity contribution is -0.141. The number of hydrogen-bond acceptors (Lipinski definition) is 3. The zero-order valence-corrected chi connectivity index (χ0v) is 12.4. The second-order valence-electron chi connectivity index (χ2n) is 6.31. The fourth-order valence-corrected chi connectivity index (χ4v) is 3.49. The van der Waals surface area contributed by atoms with Gasteiger partial charge in [0.1, 0.15) is 6.04 Å². The SMILES string of the molecule is CC(=O)N1CCCC[C@H]1C(=O)NCC1(CO)CCCC1. The number of aliphatic hydroxyl groups excluding tert-OH is 1. The third-order valence-corrected chi connectivity index (χ3v) is 4.85. The summed E-state index contributed by atoms with van der Waals surface area (Å²) in [7, 11) is 0. The van der Waals surface area contributed by atoms with Gasteiger partial charge in [-0.15, -0.1) is 0 Å². The predicted molar refractivity (Wildman–Crippen MR) is 76.0 cm³/mol. The van der Waals surface area contributed by atoms with Gasteiger partial charge in [-0.25, -0.2) is 0 Å². The molecule has 2 amide bonds. The van der Waals surface area contributed by atoms with Crippen molar-refractivity contribution in [3.8, 4) is 0 Å². The molecular weight excluding hydrogens is 256 g/mol. The maximum absolute atomic E-state index is 12.3. The first-order valence-electron chi connectivity index (χ1n) is 7.74. The molecule has 1 saturated carbocycles. The van der Waals surface area contributed by atoms with Crippen LogP contribution in [0.2, 0.25) is 0 Å². The van der Waals surface area contributed by atoms with Crippen molar-refractivity contribution < 1.29 is 14.7 Å². The number of aliphatic hydroxyl groups is 1. The summed E-state index contributed by atoms with van der Waals surface area (Å²) in [6, 6.07) is -0.321. The van der Waals surface area contributed by atoms with Crippen molar-refractivity contribution in [3.63, 3.8) is 0 Å². The highest BCUT2D eigenvalue weighted by Crippen LogP contribution is 2.37. The molecule has 114 valence electrons. The van der Waals surface area contributed by atoms with Gasteiger partial charge in [-0.05, 0) is 32.1 Å². The van der Waals surface area contributed by atoms with Gasteiger partial charge in [-0.1, -0.05) is 12.8 Å². The first-order chi connectivity index (χ1) is 9.58. The van der Waals surface area contributed by atoms with Crippen molar-refractivity contribution in [2.45, 2.75) is 57.9 Å². The van der Waals surface area contributed by atoms with Crippen LogP contribution in [-0.4, -0.2) is 47.6 Å². The summed E-state index contributed by atoms with van der Waals surface area (Å²) in [5.41, 5.74) is -0.134. The van der Waals surface area contributed by atoms with Gasteiger partial charge in [0.25, 0.3) is 0 Å². The Kier molecular flexibility index (Phi) is 5.02. The number of piperidine rings is 1. The van der Waals surface area contributed by atoms with Crippen LogP contribution >= 0.6 is 0 Å². The second kappa shape index (κ2) is 6.57. The van der Waals surface area contributed by atoms with E-state index >= 15 is 0 Å². The smallest absolute Gasteiger partial charge is 0.242 e. The highest BCUT2D eigenvalue weighted by molar-refractivity contribution is 5.87. The van der Waals surface area contributed by atoms with Crippen LogP contribution in [0.1, 0.15) is 51.9 Å². The molecule has 1 aliphatic carbocycles. The third kappa shape index (κ3) is 3.32. The molecule has 0 aromatic carbocycles. The molecule has 1 aliphatic heterocycles. The third-order valence-electron chi connectivity index (χ3n) is 4.85. The predicted octanol–water partition coefficient (Wildman–Crippen LogP) is 1.06. The van der Waals surface area contributed by atoms with E-state index in [-0.39, 0.29) is 29.9 Å². The standard InChI is InChI=1S/C15H26N2O3/c1-12(19)17-9-5-2-6-13(17)14(20)16-10-15(11-18)7-3-4-8-15/h13,18H,2-11H2,1H3,(H,16,20)/t13-/m0/s1. The van der Waals surface area contributed by atoms with Gasteiger partial charge < -0.3 is 15.3 Å². The molecule has 0 bridgehead atoms. The van der Waals surface area contributed by atoms with Gasteiger partial charge in [0.15, 0.2) is 0 Å². The number of hydrogen-bond donors (Lipinski definition) is 2. The maximum atomic E-state index is 12.3. The van der Waals surface area contributed by atoms with Gasteiger partial charge in [-0.2, -0.15) is 0 Å². The van der Waals surface area contributed by atoms with E-state index in [0.29, 0.717) is 13.1 Å². The Morgan fingerprint density at radius 1 is 1.25 bits per heavy atom. The number of carbonyl (C=O) groups is 2. The number of carbonyl (C=O) groups excluding carboxylic acids is 2. The number of rotatable bonds is 4. The number of amides is 2. The van der Waals surface area contributed by atoms with Crippen molar-refractivity contribution in [2.24, 2.45) is 5.41 Å². The van der Waals surface area contributed by atoms with Crippen LogP contribution in [0.4, 0.5) is 0 Å². The molecule has 1 atom stereocenters. The molecule has 1 saturated heterocycles. The van der Waals surface area contributed by atoms with Crippen LogP contribution in [0.25, 0.3) is 0 Å². The summed E-state index contributed by atoms with van der Waals surface area (Å²) in [5, 5.41) is 12.5. The Morgan fingerprint density at radius 3 is 2.55 bits per heavy atom. The monoisotopic (exact) mass is 282 g/mol. The maximum Gasteiger partial charge on any atom is 0.242 e. The van der Waals surface area contributed by atoms with E-state index < -0.39 is 0 Å². The minimum Gasteiger partial charge on any atom is -0.396 e. The molecule has 0 spiro atoms. The highest BCUT2D eigenvalue weighted by Gasteiger charge is 2.35. The summed E-state index contributed by atoms with van der Waals surface area (Å²) in [5.74, 6) is -0.0813. The zero-order chi connectivity index (χ0) is 14.6. The minimum atomic E-state index is -0.321. The number of nitrogens with zero attached hydrogens (tertiary/aromatic N) is 1. The van der Waals surface area contributed by atoms with Gasteiger partial charge in [-0.3, -0.25) is 9.59 Å². The molecule has 5 heteroatoms. The van der Waals surface area contributed by atoms with E-state index in [0.717, 1.165) is 44.9 Å². The molecule has 0 aromatic heterocycles. The van der Waals surface area contributed by atoms with Crippen molar-refractivity contribution in [3.05, 3.63) is 0 Å². The Hall–Kier alpha value is -1.10. The fourth-order valence-electron chi connectivity index (χ4n) is 3.49. The Morgan fingerprint density at radius 2 is 1.95 bits per heavy atom. The van der Waals surface area contributed by atoms with Crippen LogP contribution in [0.15, 0.2) is 0 Å². The molecule has 20 heavy (non-hydrogen) atoms. The molecule has 2 N–H and O–H groups in total. The molecular formula is C15H26N2O3. The van der Waals surface area contributed by atoms with Crippen LogP contribution < -0.4 is 5.32 Å². The lowest BCUT2D eigenvalue weighted by Gasteiger charge is -2.35. The van der Waals surface area contributed by atoms with Crippen LogP contribution in [-0.2, 0) is 9.59 Å². The molecule has 5 nitrogen and oxygen atoms in total. The number of nitrogens with one attached hydrogen (secondary N) is 1. The van der Waals surface area contributed by atoms with Gasteiger partial charge in [0.05, 0.1) is 6.61 Å². The van der Waals surface area contributed by atoms with Gasteiger partial charge >= 0.3 is 0 Å². The van der Waals surface area contributed by atoms with Gasteiger partial charge in [0, 0.05) is 25.4 Å². The highest BCUT2D eigenvalue weighted by atomic mass is 16.3. The lowest BCUT2D eigenvalue weighted by atomic mass is 9.87. The summed E-state index contributed by atoms with van der Waals surface area (Å²) < 4.78 is 0. The van der Waals surface area contributed by atoms with E-state index in [9.17, 15) is 14.7 Å². The molecule has 2 aliphatic rings. The van der Waals surface area contributed by atoms with E-state index in [1.54, 1.807) is 4.90 Å². The molecule has 2 rings (SSSR count). The number of likely N-dealkylation sites (tertiary alicyclic amines) is 1. The Balaban J connectivity index is 1.91. The first kappa shape index (κ1) is 15.3. The second-order valence-corrected chi connectivity index (χ2v) is 6.31. The average Bonchev–Trinajstić information content (AvgIpc) is 2.94.